The summed E-state index contributed by atoms with van der Waals surface area (Å²) in [6.07, 6.45) is 1.00. The number of fused-ring (bicyclic) bond motifs is 3. The lowest BCUT2D eigenvalue weighted by molar-refractivity contribution is 0.00703. The van der Waals surface area contributed by atoms with Gasteiger partial charge in [0.25, 0.3) is 0 Å². The summed E-state index contributed by atoms with van der Waals surface area (Å²) in [5.41, 5.74) is 2.33. The quantitative estimate of drug-likeness (QED) is 0.762. The molecule has 22 heavy (non-hydrogen) atoms. The summed E-state index contributed by atoms with van der Waals surface area (Å²) in [7, 11) is 2.19. The van der Waals surface area contributed by atoms with E-state index in [0.717, 1.165) is 30.3 Å². The topological polar surface area (TPSA) is 12.5 Å². The highest BCUT2D eigenvalue weighted by atomic mass is 35.5. The van der Waals surface area contributed by atoms with E-state index in [0.29, 0.717) is 5.92 Å². The lowest BCUT2D eigenvalue weighted by atomic mass is 9.74. The smallest absolute Gasteiger partial charge is 0.143 e. The van der Waals surface area contributed by atoms with E-state index >= 15 is 0 Å². The van der Waals surface area contributed by atoms with E-state index in [1.807, 2.05) is 12.1 Å². The summed E-state index contributed by atoms with van der Waals surface area (Å²) in [4.78, 5) is 2.39. The van der Waals surface area contributed by atoms with E-state index in [1.54, 1.807) is 0 Å². The molecule has 0 unspecified atom stereocenters. The van der Waals surface area contributed by atoms with E-state index in [2.05, 4.69) is 48.3 Å². The van der Waals surface area contributed by atoms with Gasteiger partial charge in [0.15, 0.2) is 0 Å². The van der Waals surface area contributed by atoms with Crippen molar-refractivity contribution in [3.8, 4) is 5.75 Å². The highest BCUT2D eigenvalue weighted by Crippen LogP contribution is 2.54. The molecule has 1 fully saturated rings. The lowest BCUT2D eigenvalue weighted by Gasteiger charge is -2.42. The third-order valence-electron chi connectivity index (χ3n) is 4.84. The molecule has 2 heterocycles. The molecule has 4 heteroatoms. The van der Waals surface area contributed by atoms with Crippen LogP contribution in [-0.4, -0.2) is 25.0 Å². The fourth-order valence-electron chi connectivity index (χ4n) is 3.75. The van der Waals surface area contributed by atoms with E-state index in [1.165, 1.54) is 11.1 Å². The zero-order valence-corrected chi connectivity index (χ0v) is 14.0. The predicted molar refractivity (Wildman–Crippen MR) is 92.3 cm³/mol. The Morgan fingerprint density at radius 2 is 1.86 bits per heavy atom. The zero-order chi connectivity index (χ0) is 14.4. The first-order chi connectivity index (χ1) is 10.2. The number of ether oxygens (including phenoxy) is 1. The fourth-order valence-corrected chi connectivity index (χ4v) is 3.87. The average Bonchev–Trinajstić information content (AvgIpc) is 2.83. The second kappa shape index (κ2) is 5.77. The molecule has 0 amide bonds. The van der Waals surface area contributed by atoms with Crippen molar-refractivity contribution in [1.82, 2.24) is 4.90 Å². The molecule has 116 valence electrons. The van der Waals surface area contributed by atoms with Crippen molar-refractivity contribution >= 4 is 24.0 Å². The van der Waals surface area contributed by atoms with Crippen molar-refractivity contribution in [3.63, 3.8) is 0 Å². The minimum absolute atomic E-state index is 0. The second-order valence-electron chi connectivity index (χ2n) is 6.10. The Morgan fingerprint density at radius 3 is 2.64 bits per heavy atom. The number of halogens is 2. The monoisotopic (exact) mass is 335 g/mol. The van der Waals surface area contributed by atoms with Gasteiger partial charge >= 0.3 is 0 Å². The molecule has 0 aliphatic carbocycles. The standard InChI is InChI=1S/C18H18ClNO.ClH/c1-20-11-10-18(13-6-8-14(19)9-7-13)16(12-20)15-4-2-3-5-17(15)21-18;/h2-9,16H,10-12H2,1H3;1H/t16-,18+;/m1./s1. The SMILES string of the molecule is CN1CC[C@@]2(c3ccc(Cl)cc3)Oc3ccccc3[C@H]2C1.Cl. The molecule has 0 bridgehead atoms. The first kappa shape index (κ1) is 15.7. The van der Waals surface area contributed by atoms with E-state index in [-0.39, 0.29) is 18.0 Å². The second-order valence-corrected chi connectivity index (χ2v) is 6.54. The highest BCUT2D eigenvalue weighted by Gasteiger charge is 2.51. The van der Waals surface area contributed by atoms with Crippen LogP contribution in [0.2, 0.25) is 5.02 Å². The number of nitrogens with zero attached hydrogens (tertiary/aromatic N) is 1. The maximum atomic E-state index is 6.50. The molecule has 0 radical (unpaired) electrons. The predicted octanol–water partition coefficient (Wildman–Crippen LogP) is 4.47. The normalized spacial score (nSPS) is 26.5. The Balaban J connectivity index is 0.00000144. The summed E-state index contributed by atoms with van der Waals surface area (Å²) in [6, 6.07) is 16.6. The molecule has 0 N–H and O–H groups in total. The number of likely N-dealkylation sites (tertiary alicyclic amines) is 1. The number of likely N-dealkylation sites (N-methyl/N-ethyl adjacent to an activating group) is 1. The molecule has 2 aromatic rings. The molecular weight excluding hydrogens is 317 g/mol. The summed E-state index contributed by atoms with van der Waals surface area (Å²) >= 11 is 6.05. The van der Waals surface area contributed by atoms with Crippen LogP contribution in [-0.2, 0) is 5.60 Å². The number of para-hydroxylation sites is 1. The zero-order valence-electron chi connectivity index (χ0n) is 12.5. The molecule has 0 spiro atoms. The van der Waals surface area contributed by atoms with Crippen molar-refractivity contribution in [2.45, 2.75) is 17.9 Å². The Morgan fingerprint density at radius 1 is 1.14 bits per heavy atom. The van der Waals surface area contributed by atoms with Gasteiger partial charge in [0, 0.05) is 36.0 Å². The van der Waals surface area contributed by atoms with Crippen molar-refractivity contribution in [1.29, 1.82) is 0 Å². The van der Waals surface area contributed by atoms with Gasteiger partial charge in [-0.15, -0.1) is 12.4 Å². The van der Waals surface area contributed by atoms with Crippen LogP contribution in [0.4, 0.5) is 0 Å². The third-order valence-corrected chi connectivity index (χ3v) is 5.09. The van der Waals surface area contributed by atoms with Gasteiger partial charge in [-0.3, -0.25) is 0 Å². The van der Waals surface area contributed by atoms with Crippen LogP contribution >= 0.6 is 24.0 Å². The van der Waals surface area contributed by atoms with Gasteiger partial charge in [0.05, 0.1) is 0 Å². The maximum absolute atomic E-state index is 6.50. The number of piperidine rings is 1. The molecule has 0 saturated carbocycles. The minimum Gasteiger partial charge on any atom is -0.482 e. The Kier molecular flexibility index (Phi) is 4.11. The van der Waals surface area contributed by atoms with E-state index in [9.17, 15) is 0 Å². The summed E-state index contributed by atoms with van der Waals surface area (Å²) in [6.45, 7) is 2.08. The van der Waals surface area contributed by atoms with Gasteiger partial charge in [0.1, 0.15) is 11.4 Å². The van der Waals surface area contributed by atoms with Crippen LogP contribution < -0.4 is 4.74 Å². The van der Waals surface area contributed by atoms with Gasteiger partial charge < -0.3 is 9.64 Å². The maximum Gasteiger partial charge on any atom is 0.143 e. The molecule has 1 saturated heterocycles. The Hall–Kier alpha value is -1.22. The summed E-state index contributed by atoms with van der Waals surface area (Å²) in [5.74, 6) is 1.42. The Bertz CT molecular complexity index is 673. The van der Waals surface area contributed by atoms with Crippen molar-refractivity contribution in [2.24, 2.45) is 0 Å². The lowest BCUT2D eigenvalue weighted by Crippen LogP contribution is -2.47. The van der Waals surface area contributed by atoms with Crippen molar-refractivity contribution in [3.05, 3.63) is 64.7 Å². The van der Waals surface area contributed by atoms with Crippen molar-refractivity contribution in [2.75, 3.05) is 20.1 Å². The molecule has 2 aromatic carbocycles. The van der Waals surface area contributed by atoms with Crippen LogP contribution in [0.5, 0.6) is 5.75 Å². The first-order valence-electron chi connectivity index (χ1n) is 7.41. The van der Waals surface area contributed by atoms with E-state index < -0.39 is 0 Å². The van der Waals surface area contributed by atoms with Crippen LogP contribution in [0.25, 0.3) is 0 Å². The molecule has 2 aliphatic rings. The molecule has 2 aliphatic heterocycles. The first-order valence-corrected chi connectivity index (χ1v) is 7.79. The number of benzene rings is 2. The minimum atomic E-state index is -0.235. The van der Waals surface area contributed by atoms with Crippen LogP contribution in [0.1, 0.15) is 23.5 Å². The average molecular weight is 336 g/mol. The van der Waals surface area contributed by atoms with Crippen LogP contribution in [0.15, 0.2) is 48.5 Å². The molecule has 0 aromatic heterocycles. The largest absolute Gasteiger partial charge is 0.482 e. The van der Waals surface area contributed by atoms with Gasteiger partial charge in [-0.05, 0) is 30.8 Å². The van der Waals surface area contributed by atoms with Gasteiger partial charge in [0.2, 0.25) is 0 Å². The highest BCUT2D eigenvalue weighted by molar-refractivity contribution is 6.30. The summed E-state index contributed by atoms with van der Waals surface area (Å²) in [5, 5.41) is 0.773. The van der Waals surface area contributed by atoms with E-state index in [4.69, 9.17) is 16.3 Å². The Labute approximate surface area is 142 Å². The van der Waals surface area contributed by atoms with Crippen LogP contribution in [0.3, 0.4) is 0 Å². The number of hydrogen-bond donors (Lipinski definition) is 0. The van der Waals surface area contributed by atoms with Gasteiger partial charge in [-0.1, -0.05) is 41.9 Å². The van der Waals surface area contributed by atoms with Gasteiger partial charge in [-0.2, -0.15) is 0 Å². The molecule has 2 nitrogen and oxygen atoms in total. The third kappa shape index (κ3) is 2.30. The molecule has 4 rings (SSSR count). The summed E-state index contributed by atoms with van der Waals surface area (Å²) < 4.78 is 6.50. The molecular formula is C18H19Cl2NO. The number of rotatable bonds is 1. The van der Waals surface area contributed by atoms with Gasteiger partial charge in [-0.25, -0.2) is 0 Å². The number of hydrogen-bond acceptors (Lipinski definition) is 2. The van der Waals surface area contributed by atoms with Crippen molar-refractivity contribution < 1.29 is 4.74 Å². The molecule has 2 atom stereocenters. The fraction of sp³-hybridized carbons (Fsp3) is 0.333. The van der Waals surface area contributed by atoms with Crippen LogP contribution in [0, 0.1) is 0 Å².